The maximum Gasteiger partial charge on any atom is 0.306 e. The number of hydrogen-bond acceptors (Lipinski definition) is 5. The van der Waals surface area contributed by atoms with Crippen molar-refractivity contribution in [2.45, 2.75) is 177 Å². The highest BCUT2D eigenvalue weighted by Crippen LogP contribution is 2.67. The summed E-state index contributed by atoms with van der Waals surface area (Å²) in [6.07, 6.45) is 18.9. The molecule has 0 spiro atoms. The van der Waals surface area contributed by atoms with Crippen molar-refractivity contribution >= 4 is 17.8 Å². The Morgan fingerprint density at radius 1 is 0.938 bits per heavy atom. The zero-order valence-electron chi connectivity index (χ0n) is 32.9. The minimum atomic E-state index is -0.354. The normalized spacial score (nSPS) is 31.7. The third kappa shape index (κ3) is 9.89. The number of hydrogen-bond donors (Lipinski definition) is 0. The van der Waals surface area contributed by atoms with Gasteiger partial charge in [0.05, 0.1) is 20.0 Å². The summed E-state index contributed by atoms with van der Waals surface area (Å²) in [6.45, 7) is 23.3. The van der Waals surface area contributed by atoms with Gasteiger partial charge < -0.3 is 14.4 Å². The molecule has 0 bridgehead atoms. The first-order valence-corrected chi connectivity index (χ1v) is 19.7. The van der Waals surface area contributed by atoms with Crippen molar-refractivity contribution in [3.8, 4) is 0 Å². The first kappa shape index (κ1) is 40.6. The van der Waals surface area contributed by atoms with E-state index in [0.717, 1.165) is 74.2 Å². The molecule has 0 saturated heterocycles. The molecular weight excluding hydrogens is 598 g/mol. The molecule has 6 nitrogen and oxygen atoms in total. The van der Waals surface area contributed by atoms with E-state index in [1.165, 1.54) is 58.5 Å². The quantitative estimate of drug-likeness (QED) is 0.152. The molecule has 8 unspecified atom stereocenters. The van der Waals surface area contributed by atoms with Crippen LogP contribution < -0.4 is 0 Å². The number of ether oxygens (including phenoxy) is 2. The number of fused-ring (bicyclic) bond motifs is 5. The number of carbonyl (C=O) groups is 3. The average molecular weight is 672 g/mol. The van der Waals surface area contributed by atoms with Crippen LogP contribution in [-0.2, 0) is 23.9 Å². The summed E-state index contributed by atoms with van der Waals surface area (Å²) < 4.78 is 10.5. The molecule has 4 aliphatic rings. The Labute approximate surface area is 294 Å². The number of rotatable bonds is 12. The van der Waals surface area contributed by atoms with Gasteiger partial charge in [-0.2, -0.15) is 0 Å². The third-order valence-electron chi connectivity index (χ3n) is 13.2. The average Bonchev–Trinajstić information content (AvgIpc) is 3.37. The minimum Gasteiger partial charge on any atom is -0.469 e. The maximum atomic E-state index is 12.3. The van der Waals surface area contributed by atoms with E-state index >= 15 is 0 Å². The molecule has 0 aromatic carbocycles. The fourth-order valence-corrected chi connectivity index (χ4v) is 10.6. The monoisotopic (exact) mass is 672 g/mol. The lowest BCUT2D eigenvalue weighted by Gasteiger charge is -2.58. The molecule has 0 aromatic rings. The van der Waals surface area contributed by atoms with Gasteiger partial charge in [-0.1, -0.05) is 78.9 Å². The lowest BCUT2D eigenvalue weighted by molar-refractivity contribution is -0.154. The van der Waals surface area contributed by atoms with Gasteiger partial charge in [0.15, 0.2) is 0 Å². The minimum absolute atomic E-state index is 0.0268. The van der Waals surface area contributed by atoms with Crippen LogP contribution in [0.5, 0.6) is 0 Å². The number of esters is 2. The smallest absolute Gasteiger partial charge is 0.306 e. The standard InChI is InChI=1S/C32H52O4.C10H21NO/c1-21(2)8-7-9-22(3)26-12-13-27-25-11-10-23-20-24(36-30(34)15-14-29(33)35-6)16-18-31(23,4)28(25)17-19-32(26,27)5;1-6-7-8-11(9(2)12)10(3,4)5/h10,21-22,24-28H,7-9,11-20H2,1-6H3;6-8H2,1-5H3. The van der Waals surface area contributed by atoms with Crippen LogP contribution in [0.4, 0.5) is 0 Å². The Kier molecular flexibility index (Phi) is 14.7. The van der Waals surface area contributed by atoms with E-state index in [2.05, 4.69) is 73.1 Å². The summed E-state index contributed by atoms with van der Waals surface area (Å²) in [5.41, 5.74) is 2.30. The molecule has 0 aromatic heterocycles. The Hall–Kier alpha value is -1.85. The van der Waals surface area contributed by atoms with Gasteiger partial charge in [-0.3, -0.25) is 14.4 Å². The topological polar surface area (TPSA) is 72.9 Å². The van der Waals surface area contributed by atoms with Crippen LogP contribution >= 0.6 is 0 Å². The van der Waals surface area contributed by atoms with Crippen LogP contribution in [0.3, 0.4) is 0 Å². The number of allylic oxidation sites excluding steroid dienone is 1. The molecule has 48 heavy (non-hydrogen) atoms. The summed E-state index contributed by atoms with van der Waals surface area (Å²) in [6, 6.07) is 0. The molecular formula is C42H73NO5. The predicted octanol–water partition coefficient (Wildman–Crippen LogP) is 10.3. The molecule has 4 rings (SSSR count). The Morgan fingerprint density at radius 2 is 1.62 bits per heavy atom. The van der Waals surface area contributed by atoms with Crippen molar-refractivity contribution in [1.29, 1.82) is 0 Å². The highest BCUT2D eigenvalue weighted by Gasteiger charge is 2.59. The number of unbranched alkanes of at least 4 members (excludes halogenated alkanes) is 1. The Morgan fingerprint density at radius 3 is 2.23 bits per heavy atom. The zero-order chi connectivity index (χ0) is 35.9. The van der Waals surface area contributed by atoms with E-state index in [0.29, 0.717) is 5.41 Å². The van der Waals surface area contributed by atoms with E-state index in [4.69, 9.17) is 4.74 Å². The van der Waals surface area contributed by atoms with Crippen molar-refractivity contribution in [2.24, 2.45) is 46.3 Å². The lowest BCUT2D eigenvalue weighted by Crippen LogP contribution is -2.51. The van der Waals surface area contributed by atoms with Crippen LogP contribution in [0, 0.1) is 46.3 Å². The number of carbonyl (C=O) groups excluding carboxylic acids is 3. The number of methoxy groups -OCH3 is 1. The van der Waals surface area contributed by atoms with Gasteiger partial charge in [0, 0.05) is 25.4 Å². The van der Waals surface area contributed by atoms with Crippen LogP contribution in [0.25, 0.3) is 0 Å². The van der Waals surface area contributed by atoms with Crippen LogP contribution in [0.2, 0.25) is 0 Å². The molecule has 4 aliphatic carbocycles. The van der Waals surface area contributed by atoms with E-state index < -0.39 is 0 Å². The molecule has 0 N–H and O–H groups in total. The van der Waals surface area contributed by atoms with Gasteiger partial charge in [-0.15, -0.1) is 0 Å². The first-order valence-electron chi connectivity index (χ1n) is 19.7. The number of amides is 1. The van der Waals surface area contributed by atoms with Gasteiger partial charge in [-0.25, -0.2) is 0 Å². The van der Waals surface area contributed by atoms with Crippen molar-refractivity contribution in [2.75, 3.05) is 13.7 Å². The molecule has 3 saturated carbocycles. The zero-order valence-corrected chi connectivity index (χ0v) is 32.9. The second-order valence-corrected chi connectivity index (χ2v) is 17.9. The van der Waals surface area contributed by atoms with Crippen LogP contribution in [0.15, 0.2) is 11.6 Å². The van der Waals surface area contributed by atoms with Gasteiger partial charge >= 0.3 is 11.9 Å². The summed E-state index contributed by atoms with van der Waals surface area (Å²) >= 11 is 0. The van der Waals surface area contributed by atoms with Gasteiger partial charge in [0.25, 0.3) is 0 Å². The fourth-order valence-electron chi connectivity index (χ4n) is 10.6. The van der Waals surface area contributed by atoms with E-state index in [-0.39, 0.29) is 47.7 Å². The Balaban J connectivity index is 0.000000444. The summed E-state index contributed by atoms with van der Waals surface area (Å²) in [5.74, 6) is 4.60. The first-order chi connectivity index (χ1) is 22.5. The van der Waals surface area contributed by atoms with Crippen LogP contribution in [-0.4, -0.2) is 48.0 Å². The van der Waals surface area contributed by atoms with Crippen molar-refractivity contribution in [3.63, 3.8) is 0 Å². The highest BCUT2D eigenvalue weighted by molar-refractivity contribution is 5.77. The highest BCUT2D eigenvalue weighted by atomic mass is 16.5. The fraction of sp³-hybridized carbons (Fsp3) is 0.881. The molecule has 8 atom stereocenters. The molecule has 276 valence electrons. The molecule has 0 heterocycles. The molecule has 0 radical (unpaired) electrons. The van der Waals surface area contributed by atoms with Crippen molar-refractivity contribution in [1.82, 2.24) is 4.90 Å². The SMILES string of the molecule is CCCCN(C(C)=O)C(C)(C)C.COC(=O)CCC(=O)OC1CCC2(C)C(=CCC3C2CCC2(C)C(C(C)CCCC(C)C)CCC32)C1. The van der Waals surface area contributed by atoms with Gasteiger partial charge in [0.2, 0.25) is 5.91 Å². The summed E-state index contributed by atoms with van der Waals surface area (Å²) in [4.78, 5) is 36.8. The van der Waals surface area contributed by atoms with E-state index in [1.807, 2.05) is 4.90 Å². The van der Waals surface area contributed by atoms with Crippen molar-refractivity contribution < 1.29 is 23.9 Å². The molecule has 3 fully saturated rings. The molecule has 6 heteroatoms. The Bertz CT molecular complexity index is 1110. The maximum absolute atomic E-state index is 12.3. The molecule has 1 amide bonds. The summed E-state index contributed by atoms with van der Waals surface area (Å²) in [5, 5.41) is 0. The molecule has 0 aliphatic heterocycles. The predicted molar refractivity (Wildman–Crippen MR) is 196 cm³/mol. The lowest BCUT2D eigenvalue weighted by atomic mass is 9.47. The largest absolute Gasteiger partial charge is 0.469 e. The second-order valence-electron chi connectivity index (χ2n) is 17.9. The summed E-state index contributed by atoms with van der Waals surface area (Å²) in [7, 11) is 1.35. The van der Waals surface area contributed by atoms with Gasteiger partial charge in [-0.05, 0) is 118 Å². The van der Waals surface area contributed by atoms with Crippen LogP contribution in [0.1, 0.15) is 166 Å². The van der Waals surface area contributed by atoms with E-state index in [9.17, 15) is 14.4 Å². The second kappa shape index (κ2) is 17.4. The number of nitrogens with zero attached hydrogens (tertiary/aromatic N) is 1. The van der Waals surface area contributed by atoms with Crippen molar-refractivity contribution in [3.05, 3.63) is 11.6 Å². The van der Waals surface area contributed by atoms with E-state index in [1.54, 1.807) is 12.5 Å². The third-order valence-corrected chi connectivity index (χ3v) is 13.2. The van der Waals surface area contributed by atoms with Gasteiger partial charge in [0.1, 0.15) is 6.10 Å².